The van der Waals surface area contributed by atoms with Crippen LogP contribution in [0.15, 0.2) is 11.6 Å². The average Bonchev–Trinajstić information content (AvgIpc) is 3.05. The van der Waals surface area contributed by atoms with E-state index in [0.29, 0.717) is 18.3 Å². The van der Waals surface area contributed by atoms with Crippen LogP contribution in [0.1, 0.15) is 203 Å². The fourth-order valence-electron chi connectivity index (χ4n) is 13.4. The minimum absolute atomic E-state index is 0.00386. The van der Waals surface area contributed by atoms with E-state index in [9.17, 15) is 15.0 Å². The van der Waals surface area contributed by atoms with Crippen LogP contribution in [0.25, 0.3) is 0 Å². The maximum atomic E-state index is 13.2. The van der Waals surface area contributed by atoms with Crippen LogP contribution in [0, 0.1) is 50.2 Å². The third kappa shape index (κ3) is 7.44. The summed E-state index contributed by atoms with van der Waals surface area (Å²) in [6, 6.07) is 0. The third-order valence-corrected chi connectivity index (χ3v) is 16.9. The summed E-state index contributed by atoms with van der Waals surface area (Å²) in [5.41, 5.74) is 1.55. The second-order valence-electron chi connectivity index (χ2n) is 20.7. The van der Waals surface area contributed by atoms with E-state index in [0.717, 1.165) is 70.6 Å². The first-order valence-corrected chi connectivity index (χ1v) is 21.8. The Balaban J connectivity index is 1.15. The number of aliphatic hydroxyl groups is 2. The monoisotopic (exact) mass is 697 g/mol. The van der Waals surface area contributed by atoms with Crippen LogP contribution in [-0.2, 0) is 9.53 Å². The highest BCUT2D eigenvalue weighted by Gasteiger charge is 2.70. The summed E-state index contributed by atoms with van der Waals surface area (Å²) >= 11 is 0. The first-order valence-electron chi connectivity index (χ1n) is 21.8. The number of unbranched alkanes of at least 4 members (excludes halogenated alkanes) is 12. The molecule has 9 atom stereocenters. The molecule has 0 radical (unpaired) electrons. The minimum Gasteiger partial charge on any atom is -0.462 e. The highest BCUT2D eigenvalue weighted by molar-refractivity contribution is 5.69. The zero-order valence-electron chi connectivity index (χ0n) is 34.1. The van der Waals surface area contributed by atoms with Gasteiger partial charge in [-0.05, 0) is 104 Å². The molecule has 288 valence electrons. The normalized spacial score (nSPS) is 40.1. The number of rotatable bonds is 16. The zero-order chi connectivity index (χ0) is 36.4. The Labute approximate surface area is 308 Å². The third-order valence-electron chi connectivity index (χ3n) is 16.9. The van der Waals surface area contributed by atoms with Crippen molar-refractivity contribution < 1.29 is 19.7 Å². The molecule has 0 aromatic heterocycles. The Kier molecular flexibility index (Phi) is 12.8. The van der Waals surface area contributed by atoms with Crippen LogP contribution < -0.4 is 0 Å². The van der Waals surface area contributed by atoms with E-state index in [2.05, 4.69) is 61.5 Å². The number of hydrogen-bond acceptors (Lipinski definition) is 4. The van der Waals surface area contributed by atoms with Gasteiger partial charge >= 0.3 is 5.97 Å². The van der Waals surface area contributed by atoms with Crippen molar-refractivity contribution in [2.24, 2.45) is 50.2 Å². The van der Waals surface area contributed by atoms with Crippen molar-refractivity contribution >= 4 is 5.97 Å². The zero-order valence-corrected chi connectivity index (χ0v) is 34.1. The molecule has 2 N–H and O–H groups in total. The number of carbonyl (C=O) groups excluding carboxylic acids is 1. The van der Waals surface area contributed by atoms with E-state index in [1.54, 1.807) is 5.57 Å². The molecule has 4 fully saturated rings. The Morgan fingerprint density at radius 1 is 0.760 bits per heavy atom. The molecule has 0 aromatic rings. The van der Waals surface area contributed by atoms with Crippen molar-refractivity contribution in [1.82, 2.24) is 0 Å². The molecule has 0 saturated heterocycles. The second kappa shape index (κ2) is 15.8. The number of fused-ring (bicyclic) bond motifs is 7. The predicted octanol–water partition coefficient (Wildman–Crippen LogP) is 12.1. The summed E-state index contributed by atoms with van der Waals surface area (Å²) in [6.45, 7) is 19.6. The quantitative estimate of drug-likeness (QED) is 0.0957. The van der Waals surface area contributed by atoms with Crippen LogP contribution in [-0.4, -0.2) is 35.0 Å². The van der Waals surface area contributed by atoms with Gasteiger partial charge in [0.05, 0.1) is 12.7 Å². The van der Waals surface area contributed by atoms with Gasteiger partial charge in [0, 0.05) is 17.3 Å². The number of esters is 1. The van der Waals surface area contributed by atoms with E-state index in [4.69, 9.17) is 4.74 Å². The molecule has 0 amide bonds. The molecule has 4 heteroatoms. The molecule has 50 heavy (non-hydrogen) atoms. The van der Waals surface area contributed by atoms with Gasteiger partial charge in [-0.1, -0.05) is 144 Å². The van der Waals surface area contributed by atoms with Crippen molar-refractivity contribution in [3.63, 3.8) is 0 Å². The summed E-state index contributed by atoms with van der Waals surface area (Å²) < 4.78 is 6.38. The Morgan fingerprint density at radius 2 is 1.36 bits per heavy atom. The average molecular weight is 697 g/mol. The van der Waals surface area contributed by atoms with Gasteiger partial charge in [0.2, 0.25) is 0 Å². The van der Waals surface area contributed by atoms with E-state index < -0.39 is 6.10 Å². The van der Waals surface area contributed by atoms with Crippen LogP contribution >= 0.6 is 0 Å². The summed E-state index contributed by atoms with van der Waals surface area (Å²) in [6.07, 6.45) is 29.1. The standard InChI is InChI=1S/C46H80O4/c1-9-10-11-12-13-14-15-16-17-18-19-20-21-22-40(49)50-39-26-27-43(6)36(42(39,4)5)25-28-44(7)37(43)24-23-34-35-31-41(2,3)29-30-46(35,33-47)38(48)32-45(34,44)8/h23,35-39,47-48H,9-22,24-33H2,1-8H3. The van der Waals surface area contributed by atoms with E-state index >= 15 is 0 Å². The van der Waals surface area contributed by atoms with Gasteiger partial charge < -0.3 is 14.9 Å². The predicted molar refractivity (Wildman–Crippen MR) is 208 cm³/mol. The first-order chi connectivity index (χ1) is 23.6. The van der Waals surface area contributed by atoms with Crippen LogP contribution in [0.4, 0.5) is 0 Å². The van der Waals surface area contributed by atoms with Crippen molar-refractivity contribution in [2.75, 3.05) is 6.61 Å². The topological polar surface area (TPSA) is 66.8 Å². The van der Waals surface area contributed by atoms with E-state index in [1.165, 1.54) is 70.6 Å². The fraction of sp³-hybridized carbons (Fsp3) is 0.935. The number of carbonyl (C=O) groups is 1. The summed E-state index contributed by atoms with van der Waals surface area (Å²) in [4.78, 5) is 13.2. The summed E-state index contributed by atoms with van der Waals surface area (Å²) in [7, 11) is 0. The van der Waals surface area contributed by atoms with Crippen LogP contribution in [0.2, 0.25) is 0 Å². The van der Waals surface area contributed by atoms with Gasteiger partial charge in [-0.3, -0.25) is 4.79 Å². The molecule has 9 unspecified atom stereocenters. The van der Waals surface area contributed by atoms with Gasteiger partial charge in [0.25, 0.3) is 0 Å². The van der Waals surface area contributed by atoms with Crippen molar-refractivity contribution in [3.8, 4) is 0 Å². The fourth-order valence-corrected chi connectivity index (χ4v) is 13.4. The van der Waals surface area contributed by atoms with Gasteiger partial charge in [-0.25, -0.2) is 0 Å². The number of ether oxygens (including phenoxy) is 1. The molecule has 5 aliphatic rings. The number of aliphatic hydroxyl groups excluding tert-OH is 2. The first kappa shape index (κ1) is 40.3. The lowest BCUT2D eigenvalue weighted by Crippen LogP contribution is -2.67. The van der Waals surface area contributed by atoms with Gasteiger partial charge in [0.1, 0.15) is 6.10 Å². The molecular formula is C46H80O4. The van der Waals surface area contributed by atoms with Crippen LogP contribution in [0.5, 0.6) is 0 Å². The molecule has 0 spiro atoms. The molecular weight excluding hydrogens is 617 g/mol. The van der Waals surface area contributed by atoms with Gasteiger partial charge in [-0.15, -0.1) is 0 Å². The molecule has 4 saturated carbocycles. The Morgan fingerprint density at radius 3 is 1.96 bits per heavy atom. The maximum Gasteiger partial charge on any atom is 0.306 e. The summed E-state index contributed by atoms with van der Waals surface area (Å²) in [5.74, 6) is 1.32. The molecule has 0 aliphatic heterocycles. The maximum absolute atomic E-state index is 13.2. The Hall–Kier alpha value is -0.870. The second-order valence-corrected chi connectivity index (χ2v) is 20.7. The van der Waals surface area contributed by atoms with Crippen molar-refractivity contribution in [2.45, 2.75) is 215 Å². The highest BCUT2D eigenvalue weighted by Crippen LogP contribution is 2.75. The Bertz CT molecular complexity index is 1170. The largest absolute Gasteiger partial charge is 0.462 e. The number of hydrogen-bond donors (Lipinski definition) is 2. The molecule has 0 aromatic carbocycles. The number of allylic oxidation sites excluding steroid dienone is 2. The molecule has 5 rings (SSSR count). The molecule has 0 bridgehead atoms. The van der Waals surface area contributed by atoms with Gasteiger partial charge in [0.15, 0.2) is 0 Å². The smallest absolute Gasteiger partial charge is 0.306 e. The highest BCUT2D eigenvalue weighted by atomic mass is 16.5. The van der Waals surface area contributed by atoms with Crippen LogP contribution in [0.3, 0.4) is 0 Å². The van der Waals surface area contributed by atoms with E-state index in [-0.39, 0.29) is 57.1 Å². The van der Waals surface area contributed by atoms with Gasteiger partial charge in [-0.2, -0.15) is 0 Å². The van der Waals surface area contributed by atoms with E-state index in [1.807, 2.05) is 0 Å². The lowest BCUT2D eigenvalue weighted by atomic mass is 9.33. The van der Waals surface area contributed by atoms with Crippen molar-refractivity contribution in [3.05, 3.63) is 11.6 Å². The lowest BCUT2D eigenvalue weighted by molar-refractivity contribution is -0.223. The molecule has 5 aliphatic carbocycles. The minimum atomic E-state index is -0.460. The summed E-state index contributed by atoms with van der Waals surface area (Å²) in [5, 5.41) is 22.8. The van der Waals surface area contributed by atoms with Crippen molar-refractivity contribution in [1.29, 1.82) is 0 Å². The lowest BCUT2D eigenvalue weighted by Gasteiger charge is -2.72. The molecule has 0 heterocycles. The molecule has 4 nitrogen and oxygen atoms in total. The SMILES string of the molecule is CCCCCCCCCCCCCCCC(=O)OC1CCC2(C)C(CCC3(C)C2CC=C2C4CC(C)(C)CCC4(CO)C(O)CC23C)C1(C)C.